The first-order chi connectivity index (χ1) is 11.4. The summed E-state index contributed by atoms with van der Waals surface area (Å²) in [5, 5.41) is 4.41. The molecule has 0 spiro atoms. The van der Waals surface area contributed by atoms with Gasteiger partial charge in [-0.3, -0.25) is 9.48 Å². The van der Waals surface area contributed by atoms with E-state index in [9.17, 15) is 4.79 Å². The van der Waals surface area contributed by atoms with Crippen LogP contribution >= 0.6 is 11.6 Å². The van der Waals surface area contributed by atoms with E-state index in [2.05, 4.69) is 25.9 Å². The van der Waals surface area contributed by atoms with E-state index in [0.29, 0.717) is 13.2 Å². The molecule has 1 aromatic heterocycles. The first kappa shape index (κ1) is 16.8. The predicted octanol–water partition coefficient (Wildman–Crippen LogP) is 3.35. The molecular formula is C18H22ClN3O2. The number of nitrogens with zero attached hydrogens (tertiary/aromatic N) is 3. The van der Waals surface area contributed by atoms with Gasteiger partial charge in [-0.25, -0.2) is 0 Å². The van der Waals surface area contributed by atoms with Gasteiger partial charge in [0.15, 0.2) is 0 Å². The van der Waals surface area contributed by atoms with E-state index < -0.39 is 0 Å². The lowest BCUT2D eigenvalue weighted by Gasteiger charge is -2.24. The molecule has 5 nitrogen and oxygen atoms in total. The van der Waals surface area contributed by atoms with Crippen LogP contribution in [0.3, 0.4) is 0 Å². The number of hydrogen-bond acceptors (Lipinski definition) is 3. The molecule has 0 unspecified atom stereocenters. The Hall–Kier alpha value is -2.01. The molecule has 128 valence electrons. The van der Waals surface area contributed by atoms with Gasteiger partial charge in [0.1, 0.15) is 11.6 Å². The van der Waals surface area contributed by atoms with Crippen LogP contribution in [0.2, 0.25) is 0 Å². The van der Waals surface area contributed by atoms with Gasteiger partial charge in [0.25, 0.3) is 0 Å². The molecule has 0 radical (unpaired) electrons. The number of carbonyl (C=O) groups excluding carboxylic acids is 1. The Morgan fingerprint density at radius 1 is 1.42 bits per heavy atom. The van der Waals surface area contributed by atoms with Crippen LogP contribution in [0.1, 0.15) is 31.9 Å². The van der Waals surface area contributed by atoms with Crippen LogP contribution in [0, 0.1) is 0 Å². The quantitative estimate of drug-likeness (QED) is 0.797. The Labute approximate surface area is 147 Å². The van der Waals surface area contributed by atoms with E-state index in [0.717, 1.165) is 29.0 Å². The second-order valence-electron chi connectivity index (χ2n) is 6.93. The molecule has 3 rings (SSSR count). The molecule has 0 fully saturated rings. The Morgan fingerprint density at radius 2 is 2.21 bits per heavy atom. The van der Waals surface area contributed by atoms with Crippen LogP contribution in [0.5, 0.6) is 5.75 Å². The van der Waals surface area contributed by atoms with Crippen molar-refractivity contribution >= 4 is 23.2 Å². The summed E-state index contributed by atoms with van der Waals surface area (Å²) < 4.78 is 7.52. The van der Waals surface area contributed by atoms with E-state index in [4.69, 9.17) is 16.3 Å². The molecule has 0 N–H and O–H groups in total. The number of anilines is 1. The van der Waals surface area contributed by atoms with E-state index in [-0.39, 0.29) is 17.3 Å². The van der Waals surface area contributed by atoms with Crippen molar-refractivity contribution in [2.45, 2.75) is 39.3 Å². The summed E-state index contributed by atoms with van der Waals surface area (Å²) in [5.41, 5.74) is 2.82. The van der Waals surface area contributed by atoms with Crippen molar-refractivity contribution in [3.63, 3.8) is 0 Å². The molecule has 1 aliphatic rings. The Morgan fingerprint density at radius 3 is 2.88 bits per heavy atom. The average molecular weight is 348 g/mol. The highest BCUT2D eigenvalue weighted by molar-refractivity contribution is 6.29. The molecule has 1 aromatic carbocycles. The fourth-order valence-corrected chi connectivity index (χ4v) is 2.97. The minimum atomic E-state index is -0.125. The Kier molecular flexibility index (Phi) is 4.54. The number of alkyl halides is 1. The van der Waals surface area contributed by atoms with Crippen molar-refractivity contribution in [3.05, 3.63) is 41.7 Å². The smallest absolute Gasteiger partial charge is 0.242 e. The fraction of sp³-hybridized carbons (Fsp3) is 0.444. The van der Waals surface area contributed by atoms with Crippen molar-refractivity contribution in [2.24, 2.45) is 0 Å². The SMILES string of the molecule is CC(C)(C)n1cc(CN(C(=O)CCl)c2cccc3c2CCO3)cn1. The number of hydrogen-bond donors (Lipinski definition) is 0. The summed E-state index contributed by atoms with van der Waals surface area (Å²) in [5.74, 6) is 0.670. The molecular weight excluding hydrogens is 326 g/mol. The molecule has 2 aromatic rings. The number of aromatic nitrogens is 2. The molecule has 1 amide bonds. The minimum absolute atomic E-state index is 0.0576. The zero-order valence-corrected chi connectivity index (χ0v) is 15.0. The minimum Gasteiger partial charge on any atom is -0.493 e. The first-order valence-electron chi connectivity index (χ1n) is 8.05. The van der Waals surface area contributed by atoms with E-state index in [1.165, 1.54) is 0 Å². The second kappa shape index (κ2) is 6.48. The molecule has 24 heavy (non-hydrogen) atoms. The topological polar surface area (TPSA) is 47.4 Å². The highest BCUT2D eigenvalue weighted by Gasteiger charge is 2.24. The second-order valence-corrected chi connectivity index (χ2v) is 7.20. The highest BCUT2D eigenvalue weighted by Crippen LogP contribution is 2.34. The molecule has 2 heterocycles. The van der Waals surface area contributed by atoms with Crippen molar-refractivity contribution in [1.82, 2.24) is 9.78 Å². The number of fused-ring (bicyclic) bond motifs is 1. The third-order valence-electron chi connectivity index (χ3n) is 4.09. The lowest BCUT2D eigenvalue weighted by atomic mass is 10.1. The van der Waals surface area contributed by atoms with Gasteiger partial charge >= 0.3 is 0 Å². The maximum Gasteiger partial charge on any atom is 0.242 e. The summed E-state index contributed by atoms with van der Waals surface area (Å²) in [6.45, 7) is 7.36. The molecule has 1 aliphatic heterocycles. The van der Waals surface area contributed by atoms with Gasteiger partial charge in [-0.2, -0.15) is 5.10 Å². The van der Waals surface area contributed by atoms with Crippen molar-refractivity contribution in [1.29, 1.82) is 0 Å². The van der Waals surface area contributed by atoms with E-state index >= 15 is 0 Å². The van der Waals surface area contributed by atoms with Gasteiger partial charge in [0.2, 0.25) is 5.91 Å². The van der Waals surface area contributed by atoms with Crippen LogP contribution in [0.25, 0.3) is 0 Å². The number of rotatable bonds is 4. The van der Waals surface area contributed by atoms with Gasteiger partial charge in [0, 0.05) is 23.7 Å². The van der Waals surface area contributed by atoms with Gasteiger partial charge in [-0.05, 0) is 32.9 Å². The third-order valence-corrected chi connectivity index (χ3v) is 4.32. The number of carbonyl (C=O) groups is 1. The number of halogens is 1. The zero-order chi connectivity index (χ0) is 17.3. The zero-order valence-electron chi connectivity index (χ0n) is 14.3. The number of benzene rings is 1. The molecule has 6 heteroatoms. The Bertz CT molecular complexity index is 749. The maximum atomic E-state index is 12.4. The molecule has 0 bridgehead atoms. The van der Waals surface area contributed by atoms with Crippen molar-refractivity contribution in [2.75, 3.05) is 17.4 Å². The summed E-state index contributed by atoms with van der Waals surface area (Å²) in [4.78, 5) is 14.2. The molecule has 0 saturated carbocycles. The lowest BCUT2D eigenvalue weighted by molar-refractivity contribution is -0.116. The van der Waals surface area contributed by atoms with Crippen LogP contribution in [0.15, 0.2) is 30.6 Å². The Balaban J connectivity index is 1.93. The summed E-state index contributed by atoms with van der Waals surface area (Å²) in [6, 6.07) is 5.80. The van der Waals surface area contributed by atoms with Gasteiger partial charge < -0.3 is 9.64 Å². The molecule has 0 atom stereocenters. The molecule has 0 saturated heterocycles. The average Bonchev–Trinajstić information content (AvgIpc) is 3.20. The highest BCUT2D eigenvalue weighted by atomic mass is 35.5. The van der Waals surface area contributed by atoms with Gasteiger partial charge in [-0.1, -0.05) is 6.07 Å². The van der Waals surface area contributed by atoms with Crippen molar-refractivity contribution in [3.8, 4) is 5.75 Å². The van der Waals surface area contributed by atoms with E-state index in [1.54, 1.807) is 11.1 Å². The summed E-state index contributed by atoms with van der Waals surface area (Å²) in [7, 11) is 0. The van der Waals surface area contributed by atoms with Crippen LogP contribution in [0.4, 0.5) is 5.69 Å². The van der Waals surface area contributed by atoms with Crippen LogP contribution < -0.4 is 9.64 Å². The van der Waals surface area contributed by atoms with E-state index in [1.807, 2.05) is 29.1 Å². The number of amides is 1. The van der Waals surface area contributed by atoms with Gasteiger partial charge in [0.05, 0.1) is 30.6 Å². The summed E-state index contributed by atoms with van der Waals surface area (Å²) in [6.07, 6.45) is 4.59. The van der Waals surface area contributed by atoms with Crippen molar-refractivity contribution < 1.29 is 9.53 Å². The van der Waals surface area contributed by atoms with Crippen LogP contribution in [-0.2, 0) is 23.3 Å². The lowest BCUT2D eigenvalue weighted by Crippen LogP contribution is -2.32. The fourth-order valence-electron chi connectivity index (χ4n) is 2.83. The molecule has 0 aliphatic carbocycles. The maximum absolute atomic E-state index is 12.4. The normalized spacial score (nSPS) is 13.5. The van der Waals surface area contributed by atoms with Crippen LogP contribution in [-0.4, -0.2) is 28.2 Å². The standard InChI is InChI=1S/C18H22ClN3O2/c1-18(2,3)22-12-13(10-20-22)11-21(17(23)9-19)15-5-4-6-16-14(15)7-8-24-16/h4-6,10,12H,7-9,11H2,1-3H3. The monoisotopic (exact) mass is 347 g/mol. The first-order valence-corrected chi connectivity index (χ1v) is 8.58. The summed E-state index contributed by atoms with van der Waals surface area (Å²) >= 11 is 5.85. The van der Waals surface area contributed by atoms with Gasteiger partial charge in [-0.15, -0.1) is 11.6 Å². The largest absolute Gasteiger partial charge is 0.493 e. The number of ether oxygens (including phenoxy) is 1. The third kappa shape index (κ3) is 3.26. The predicted molar refractivity (Wildman–Crippen MR) is 94.8 cm³/mol.